The molecule has 3 nitrogen and oxygen atoms in total. The van der Waals surface area contributed by atoms with E-state index < -0.39 is 17.3 Å². The minimum Gasteiger partial charge on any atom is -0.394 e. The Hall–Kier alpha value is -1.13. The maximum absolute atomic E-state index is 13.2. The van der Waals surface area contributed by atoms with Crippen molar-refractivity contribution in [1.29, 1.82) is 0 Å². The number of hydrogen-bond acceptors (Lipinski definition) is 2. The molecule has 1 aliphatic carbocycles. The van der Waals surface area contributed by atoms with Crippen LogP contribution in [0.25, 0.3) is 0 Å². The number of amides is 1. The maximum Gasteiger partial charge on any atom is 0.251 e. The Labute approximate surface area is 116 Å². The third-order valence-corrected chi connectivity index (χ3v) is 3.83. The summed E-state index contributed by atoms with van der Waals surface area (Å²) in [5.74, 6) is -0.934. The molecule has 1 aromatic rings. The van der Waals surface area contributed by atoms with E-state index in [-0.39, 0.29) is 17.2 Å². The molecule has 0 bridgehead atoms. The van der Waals surface area contributed by atoms with Crippen molar-refractivity contribution < 1.29 is 14.3 Å². The second-order valence-corrected chi connectivity index (χ2v) is 5.55. The Kier molecular flexibility index (Phi) is 4.42. The number of rotatable bonds is 3. The summed E-state index contributed by atoms with van der Waals surface area (Å²) in [6, 6.07) is 3.73. The number of benzene rings is 1. The molecule has 1 saturated carbocycles. The number of nitrogens with one attached hydrogen (secondary N) is 1. The summed E-state index contributed by atoms with van der Waals surface area (Å²) in [5, 5.41) is 12.6. The van der Waals surface area contributed by atoms with Crippen molar-refractivity contribution in [2.45, 2.75) is 37.6 Å². The summed E-state index contributed by atoms with van der Waals surface area (Å²) >= 11 is 5.74. The lowest BCUT2D eigenvalue weighted by Gasteiger charge is -2.36. The molecule has 1 amide bonds. The molecule has 0 radical (unpaired) electrons. The molecular formula is C14H17ClFNO2. The first kappa shape index (κ1) is 14.3. The van der Waals surface area contributed by atoms with Gasteiger partial charge < -0.3 is 10.4 Å². The molecule has 0 heterocycles. The van der Waals surface area contributed by atoms with E-state index in [1.165, 1.54) is 6.07 Å². The van der Waals surface area contributed by atoms with Gasteiger partial charge in [-0.1, -0.05) is 30.9 Å². The topological polar surface area (TPSA) is 49.3 Å². The Morgan fingerprint density at radius 2 is 2.00 bits per heavy atom. The van der Waals surface area contributed by atoms with Gasteiger partial charge in [0.25, 0.3) is 5.91 Å². The normalized spacial score (nSPS) is 18.1. The highest BCUT2D eigenvalue weighted by atomic mass is 35.5. The lowest BCUT2D eigenvalue weighted by atomic mass is 9.82. The SMILES string of the molecule is O=C(NC1(CO)CCCCC1)c1cc(F)cc(Cl)c1. The third kappa shape index (κ3) is 3.45. The molecule has 104 valence electrons. The van der Waals surface area contributed by atoms with Crippen molar-refractivity contribution in [2.24, 2.45) is 0 Å². The molecule has 0 saturated heterocycles. The molecule has 19 heavy (non-hydrogen) atoms. The maximum atomic E-state index is 13.2. The van der Waals surface area contributed by atoms with Gasteiger partial charge in [-0.05, 0) is 31.0 Å². The fourth-order valence-electron chi connectivity index (χ4n) is 2.55. The molecule has 0 aromatic heterocycles. The number of aliphatic hydroxyl groups is 1. The molecule has 1 aliphatic rings. The van der Waals surface area contributed by atoms with Crippen LogP contribution >= 0.6 is 11.6 Å². The zero-order chi connectivity index (χ0) is 13.9. The van der Waals surface area contributed by atoms with Crippen molar-refractivity contribution in [3.63, 3.8) is 0 Å². The van der Waals surface area contributed by atoms with Gasteiger partial charge >= 0.3 is 0 Å². The van der Waals surface area contributed by atoms with Crippen LogP contribution in [0, 0.1) is 5.82 Å². The van der Waals surface area contributed by atoms with E-state index in [1.54, 1.807) is 0 Å². The van der Waals surface area contributed by atoms with Crippen LogP contribution in [0.1, 0.15) is 42.5 Å². The van der Waals surface area contributed by atoms with Crippen molar-refractivity contribution in [2.75, 3.05) is 6.61 Å². The summed E-state index contributed by atoms with van der Waals surface area (Å²) in [4.78, 5) is 12.1. The summed E-state index contributed by atoms with van der Waals surface area (Å²) in [5.41, 5.74) is -0.392. The molecule has 0 spiro atoms. The molecule has 2 rings (SSSR count). The van der Waals surface area contributed by atoms with E-state index in [1.807, 2.05) is 0 Å². The van der Waals surface area contributed by atoms with Gasteiger partial charge in [-0.2, -0.15) is 0 Å². The molecule has 0 atom stereocenters. The molecule has 2 N–H and O–H groups in total. The minimum absolute atomic E-state index is 0.0954. The predicted molar refractivity (Wildman–Crippen MR) is 71.8 cm³/mol. The largest absolute Gasteiger partial charge is 0.394 e. The highest BCUT2D eigenvalue weighted by Crippen LogP contribution is 2.28. The van der Waals surface area contributed by atoms with Crippen LogP contribution < -0.4 is 5.32 Å². The number of aliphatic hydroxyl groups excluding tert-OH is 1. The van der Waals surface area contributed by atoms with Gasteiger partial charge in [0, 0.05) is 10.6 Å². The van der Waals surface area contributed by atoms with Crippen LogP contribution in [0.4, 0.5) is 4.39 Å². The highest BCUT2D eigenvalue weighted by Gasteiger charge is 2.33. The monoisotopic (exact) mass is 285 g/mol. The van der Waals surface area contributed by atoms with E-state index in [9.17, 15) is 14.3 Å². The van der Waals surface area contributed by atoms with Gasteiger partial charge in [-0.25, -0.2) is 4.39 Å². The van der Waals surface area contributed by atoms with Crippen molar-refractivity contribution in [1.82, 2.24) is 5.32 Å². The molecule has 0 aliphatic heterocycles. The van der Waals surface area contributed by atoms with Crippen LogP contribution in [0.5, 0.6) is 0 Å². The number of carbonyl (C=O) groups excluding carboxylic acids is 1. The van der Waals surface area contributed by atoms with E-state index >= 15 is 0 Å². The first-order valence-corrected chi connectivity index (χ1v) is 6.82. The van der Waals surface area contributed by atoms with E-state index in [2.05, 4.69) is 5.32 Å². The zero-order valence-electron chi connectivity index (χ0n) is 10.6. The second-order valence-electron chi connectivity index (χ2n) is 5.11. The Bertz CT molecular complexity index is 452. The van der Waals surface area contributed by atoms with Crippen LogP contribution in [0.3, 0.4) is 0 Å². The second kappa shape index (κ2) is 5.88. The quantitative estimate of drug-likeness (QED) is 0.897. The molecule has 1 fully saturated rings. The highest BCUT2D eigenvalue weighted by molar-refractivity contribution is 6.31. The van der Waals surface area contributed by atoms with Gasteiger partial charge in [0.15, 0.2) is 0 Å². The smallest absolute Gasteiger partial charge is 0.251 e. The molecule has 5 heteroatoms. The van der Waals surface area contributed by atoms with E-state index in [0.717, 1.165) is 44.2 Å². The van der Waals surface area contributed by atoms with Gasteiger partial charge in [0.2, 0.25) is 0 Å². The lowest BCUT2D eigenvalue weighted by molar-refractivity contribution is 0.0758. The lowest BCUT2D eigenvalue weighted by Crippen LogP contribution is -2.52. The zero-order valence-corrected chi connectivity index (χ0v) is 11.3. The van der Waals surface area contributed by atoms with Crippen molar-refractivity contribution in [3.05, 3.63) is 34.6 Å². The van der Waals surface area contributed by atoms with Crippen molar-refractivity contribution >= 4 is 17.5 Å². The summed E-state index contributed by atoms with van der Waals surface area (Å²) in [7, 11) is 0. The number of carbonyl (C=O) groups is 1. The first-order chi connectivity index (χ1) is 9.04. The molecule has 1 aromatic carbocycles. The van der Waals surface area contributed by atoms with Crippen molar-refractivity contribution in [3.8, 4) is 0 Å². The molecular weight excluding hydrogens is 269 g/mol. The average molecular weight is 286 g/mol. The summed E-state index contributed by atoms with van der Waals surface area (Å²) in [6.45, 7) is -0.0954. The van der Waals surface area contributed by atoms with Crippen LogP contribution in [0.2, 0.25) is 5.02 Å². The predicted octanol–water partition coefficient (Wildman–Crippen LogP) is 2.90. The Morgan fingerprint density at radius 3 is 2.58 bits per heavy atom. The number of halogens is 2. The Morgan fingerprint density at radius 1 is 1.32 bits per heavy atom. The average Bonchev–Trinajstić information content (AvgIpc) is 2.38. The summed E-state index contributed by atoms with van der Waals surface area (Å²) < 4.78 is 13.2. The van der Waals surface area contributed by atoms with Crippen LogP contribution in [-0.2, 0) is 0 Å². The fourth-order valence-corrected chi connectivity index (χ4v) is 2.77. The standard InChI is InChI=1S/C14H17ClFNO2/c15-11-6-10(7-12(16)8-11)13(19)17-14(9-18)4-2-1-3-5-14/h6-8,18H,1-5,9H2,(H,17,19). The minimum atomic E-state index is -0.575. The van der Waals surface area contributed by atoms with Gasteiger partial charge in [0.1, 0.15) is 5.82 Å². The van der Waals surface area contributed by atoms with E-state index in [4.69, 9.17) is 11.6 Å². The van der Waals surface area contributed by atoms with Gasteiger partial charge in [-0.15, -0.1) is 0 Å². The van der Waals surface area contributed by atoms with Gasteiger partial charge in [0.05, 0.1) is 12.1 Å². The third-order valence-electron chi connectivity index (χ3n) is 3.62. The fraction of sp³-hybridized carbons (Fsp3) is 0.500. The Balaban J connectivity index is 2.15. The first-order valence-electron chi connectivity index (χ1n) is 6.44. The van der Waals surface area contributed by atoms with Gasteiger partial charge in [-0.3, -0.25) is 4.79 Å². The van der Waals surface area contributed by atoms with E-state index in [0.29, 0.717) is 0 Å². The van der Waals surface area contributed by atoms with Crippen LogP contribution in [0.15, 0.2) is 18.2 Å². The molecule has 0 unspecified atom stereocenters. The number of hydrogen-bond donors (Lipinski definition) is 2. The van der Waals surface area contributed by atoms with Crippen LogP contribution in [-0.4, -0.2) is 23.2 Å². The summed E-state index contributed by atoms with van der Waals surface area (Å²) in [6.07, 6.45) is 4.56.